The van der Waals surface area contributed by atoms with Gasteiger partial charge in [-0.15, -0.1) is 0 Å². The molecule has 0 spiro atoms. The fourth-order valence-electron chi connectivity index (χ4n) is 5.27. The Labute approximate surface area is 248 Å². The Morgan fingerprint density at radius 3 is 2.40 bits per heavy atom. The molecule has 3 N–H and O–H groups in total. The third-order valence-electron chi connectivity index (χ3n) is 7.67. The Kier molecular flexibility index (Phi) is 8.47. The average Bonchev–Trinajstić information content (AvgIpc) is 3.54. The molecule has 5 rings (SSSR count). The van der Waals surface area contributed by atoms with Gasteiger partial charge in [-0.3, -0.25) is 19.1 Å². The van der Waals surface area contributed by atoms with Crippen LogP contribution in [0.5, 0.6) is 0 Å². The molecule has 1 saturated carbocycles. The summed E-state index contributed by atoms with van der Waals surface area (Å²) in [6.45, 7) is 0.256. The van der Waals surface area contributed by atoms with E-state index in [-0.39, 0.29) is 63.7 Å². The average molecular weight is 625 g/mol. The maximum Gasteiger partial charge on any atom is 0.435 e. The number of nitrogens with zero attached hydrogens (tertiary/aromatic N) is 6. The molecule has 0 bridgehead atoms. The number of imidazole rings is 1. The molecule has 230 valence electrons. The van der Waals surface area contributed by atoms with Crippen molar-refractivity contribution < 1.29 is 31.9 Å². The van der Waals surface area contributed by atoms with E-state index in [2.05, 4.69) is 15.4 Å². The van der Waals surface area contributed by atoms with Crippen molar-refractivity contribution >= 4 is 35.0 Å². The van der Waals surface area contributed by atoms with Crippen LogP contribution in [0.3, 0.4) is 0 Å². The first-order valence-electron chi connectivity index (χ1n) is 13.5. The molecule has 1 aliphatic carbocycles. The molecule has 1 saturated heterocycles. The highest BCUT2D eigenvalue weighted by Crippen LogP contribution is 2.36. The third kappa shape index (κ3) is 6.22. The summed E-state index contributed by atoms with van der Waals surface area (Å²) in [5.74, 6) is -1.23. The van der Waals surface area contributed by atoms with E-state index < -0.39 is 24.5 Å². The van der Waals surface area contributed by atoms with Crippen LogP contribution in [0.25, 0.3) is 11.3 Å². The molecular weight excluding hydrogens is 596 g/mol. The fraction of sp³-hybridized carbons (Fsp3) is 0.444. The second-order valence-corrected chi connectivity index (χ2v) is 11.0. The highest BCUT2D eigenvalue weighted by Gasteiger charge is 2.39. The fourth-order valence-corrected chi connectivity index (χ4v) is 5.53. The van der Waals surface area contributed by atoms with Crippen molar-refractivity contribution in [1.29, 1.82) is 0 Å². The smallest absolute Gasteiger partial charge is 0.339 e. The zero-order valence-electron chi connectivity index (χ0n) is 23.1. The van der Waals surface area contributed by atoms with Gasteiger partial charge in [-0.1, -0.05) is 11.6 Å². The van der Waals surface area contributed by atoms with Gasteiger partial charge in [0.15, 0.2) is 11.5 Å². The number of carbonyl (C=O) groups is 3. The zero-order valence-corrected chi connectivity index (χ0v) is 23.8. The predicted molar refractivity (Wildman–Crippen MR) is 148 cm³/mol. The largest absolute Gasteiger partial charge is 0.435 e. The first-order chi connectivity index (χ1) is 20.4. The first-order valence-corrected chi connectivity index (χ1v) is 13.9. The highest BCUT2D eigenvalue weighted by molar-refractivity contribution is 6.34. The van der Waals surface area contributed by atoms with Crippen LogP contribution in [0.1, 0.15) is 39.5 Å². The maximum atomic E-state index is 13.6. The van der Waals surface area contributed by atoms with E-state index in [0.29, 0.717) is 39.0 Å². The van der Waals surface area contributed by atoms with Crippen molar-refractivity contribution in [3.8, 4) is 11.3 Å². The van der Waals surface area contributed by atoms with E-state index in [1.54, 1.807) is 9.80 Å². The van der Waals surface area contributed by atoms with Gasteiger partial charge < -0.3 is 25.4 Å². The monoisotopic (exact) mass is 624 g/mol. The molecule has 2 aromatic heterocycles. The highest BCUT2D eigenvalue weighted by atomic mass is 35.5. The number of amides is 3. The number of benzene rings is 1. The van der Waals surface area contributed by atoms with Crippen LogP contribution in [0.2, 0.25) is 5.02 Å². The second-order valence-electron chi connectivity index (χ2n) is 10.6. The van der Waals surface area contributed by atoms with Crippen molar-refractivity contribution in [3.63, 3.8) is 0 Å². The van der Waals surface area contributed by atoms with Crippen molar-refractivity contribution in [3.05, 3.63) is 52.7 Å². The number of piperazine rings is 1. The van der Waals surface area contributed by atoms with Gasteiger partial charge in [0.25, 0.3) is 11.8 Å². The predicted octanol–water partition coefficient (Wildman–Crippen LogP) is 3.20. The molecular formula is C27H29ClF4N8O3. The van der Waals surface area contributed by atoms with Crippen LogP contribution in [-0.2, 0) is 24.6 Å². The lowest BCUT2D eigenvalue weighted by atomic mass is 9.80. The molecule has 16 heteroatoms. The topological polar surface area (TPSA) is 131 Å². The van der Waals surface area contributed by atoms with E-state index in [9.17, 15) is 31.9 Å². The van der Waals surface area contributed by atoms with Gasteiger partial charge in [-0.05, 0) is 31.0 Å². The molecule has 0 atom stereocenters. The summed E-state index contributed by atoms with van der Waals surface area (Å²) in [6, 6.07) is 4.40. The van der Waals surface area contributed by atoms with Crippen LogP contribution in [0.4, 0.5) is 23.2 Å². The van der Waals surface area contributed by atoms with Crippen molar-refractivity contribution in [1.82, 2.24) is 29.1 Å². The summed E-state index contributed by atoms with van der Waals surface area (Å²) >= 11 is 6.40. The van der Waals surface area contributed by atoms with Gasteiger partial charge in [0.2, 0.25) is 5.91 Å². The number of rotatable bonds is 7. The Balaban J connectivity index is 1.24. The molecule has 3 amide bonds. The molecule has 3 heterocycles. The second kappa shape index (κ2) is 12.0. The Bertz CT molecular complexity index is 1540. The summed E-state index contributed by atoms with van der Waals surface area (Å²) < 4.78 is 55.5. The van der Waals surface area contributed by atoms with Crippen molar-refractivity contribution in [2.45, 2.75) is 31.6 Å². The minimum absolute atomic E-state index is 0.0420. The molecule has 3 aromatic rings. The molecule has 0 unspecified atom stereocenters. The van der Waals surface area contributed by atoms with Gasteiger partial charge in [0, 0.05) is 57.1 Å². The minimum atomic E-state index is -4.81. The van der Waals surface area contributed by atoms with Gasteiger partial charge in [0.1, 0.15) is 6.67 Å². The summed E-state index contributed by atoms with van der Waals surface area (Å²) in [6.07, 6.45) is -1.29. The summed E-state index contributed by atoms with van der Waals surface area (Å²) in [5.41, 5.74) is 4.63. The first kappa shape index (κ1) is 30.5. The maximum absolute atomic E-state index is 13.6. The van der Waals surface area contributed by atoms with Crippen LogP contribution in [-0.4, -0.2) is 85.7 Å². The lowest BCUT2D eigenvalue weighted by molar-refractivity contribution is -0.141. The Morgan fingerprint density at radius 1 is 1.12 bits per heavy atom. The summed E-state index contributed by atoms with van der Waals surface area (Å²) in [7, 11) is 1.37. The van der Waals surface area contributed by atoms with E-state index in [0.717, 1.165) is 17.1 Å². The van der Waals surface area contributed by atoms with Crippen LogP contribution < -0.4 is 11.1 Å². The number of halogens is 5. The number of carbonyl (C=O) groups excluding carboxylic acids is 3. The number of hydrogen-bond donors (Lipinski definition) is 2. The number of hydrogen-bond acceptors (Lipinski definition) is 6. The number of nitrogens with one attached hydrogen (secondary N) is 1. The zero-order chi connectivity index (χ0) is 31.1. The number of anilines is 1. The Hall–Kier alpha value is -3.98. The molecule has 2 aliphatic rings. The molecule has 0 radical (unpaired) electrons. The molecule has 1 aromatic carbocycles. The van der Waals surface area contributed by atoms with Gasteiger partial charge in [-0.25, -0.2) is 9.37 Å². The number of aryl methyl sites for hydroxylation is 1. The molecule has 11 nitrogen and oxygen atoms in total. The standard InChI is InChI=1S/C27H29ClF4N8O3/c1-37-21(19-14-40(5-4-29)36-22(19)27(30,31)32)13-34-23(37)24(41)35-17-2-3-18(20(28)12-17)26(43)39-8-6-38(7-9-39)25(42)15-10-16(33)11-15/h2-3,12-16H,4-11,33H2,1H3,(H,35,41)/t15-,16+. The van der Waals surface area contributed by atoms with E-state index in [1.165, 1.54) is 29.8 Å². The van der Waals surface area contributed by atoms with Crippen molar-refractivity contribution in [2.75, 3.05) is 38.2 Å². The quantitative estimate of drug-likeness (QED) is 0.388. The van der Waals surface area contributed by atoms with Gasteiger partial charge in [-0.2, -0.15) is 18.3 Å². The van der Waals surface area contributed by atoms with Crippen molar-refractivity contribution in [2.24, 2.45) is 18.7 Å². The number of aromatic nitrogens is 4. The van der Waals surface area contributed by atoms with Crippen LogP contribution >= 0.6 is 11.6 Å². The number of nitrogens with two attached hydrogens (primary N) is 1. The SMILES string of the molecule is Cn1c(-c2cn(CCF)nc2C(F)(F)F)cnc1C(=O)Nc1ccc(C(=O)N2CCN(C(=O)[C@H]3C[C@@H](N)C3)CC2)c(Cl)c1. The summed E-state index contributed by atoms with van der Waals surface area (Å²) in [5, 5.41) is 6.12. The van der Waals surface area contributed by atoms with E-state index >= 15 is 0 Å². The lowest BCUT2D eigenvalue weighted by Crippen LogP contribution is -2.54. The van der Waals surface area contributed by atoms with E-state index in [1.807, 2.05) is 0 Å². The molecule has 43 heavy (non-hydrogen) atoms. The molecule has 2 fully saturated rings. The normalized spacial score (nSPS) is 18.9. The minimum Gasteiger partial charge on any atom is -0.339 e. The van der Waals surface area contributed by atoms with Crippen LogP contribution in [0, 0.1) is 5.92 Å². The van der Waals surface area contributed by atoms with Gasteiger partial charge >= 0.3 is 6.18 Å². The summed E-state index contributed by atoms with van der Waals surface area (Å²) in [4.78, 5) is 46.0. The van der Waals surface area contributed by atoms with Gasteiger partial charge in [0.05, 0.1) is 34.6 Å². The van der Waals surface area contributed by atoms with E-state index in [4.69, 9.17) is 17.3 Å². The van der Waals surface area contributed by atoms with Crippen LogP contribution in [0.15, 0.2) is 30.6 Å². The number of alkyl halides is 4. The Morgan fingerprint density at radius 2 is 1.79 bits per heavy atom. The lowest BCUT2D eigenvalue weighted by Gasteiger charge is -2.40. The third-order valence-corrected chi connectivity index (χ3v) is 7.98. The molecule has 1 aliphatic heterocycles.